The predicted molar refractivity (Wildman–Crippen MR) is 86.9 cm³/mol. The number of aliphatic hydroxyl groups is 1. The van der Waals surface area contributed by atoms with Crippen molar-refractivity contribution in [1.82, 2.24) is 9.97 Å². The molecule has 1 aliphatic rings. The highest BCUT2D eigenvalue weighted by Crippen LogP contribution is 2.32. The Morgan fingerprint density at radius 3 is 2.62 bits per heavy atom. The van der Waals surface area contributed by atoms with Gasteiger partial charge in [-0.15, -0.1) is 0 Å². The Hall–Kier alpha value is -1.36. The lowest BCUT2D eigenvalue weighted by Gasteiger charge is -2.30. The van der Waals surface area contributed by atoms with Crippen LogP contribution in [0.15, 0.2) is 6.33 Å². The van der Waals surface area contributed by atoms with Gasteiger partial charge < -0.3 is 15.3 Å². The normalized spacial score (nSPS) is 17.0. The van der Waals surface area contributed by atoms with E-state index in [2.05, 4.69) is 34.0 Å². The van der Waals surface area contributed by atoms with Crippen molar-refractivity contribution in [1.29, 1.82) is 0 Å². The summed E-state index contributed by atoms with van der Waals surface area (Å²) in [5, 5.41) is 14.0. The molecule has 0 aliphatic heterocycles. The number of likely N-dealkylation sites (N-methyl/N-ethyl adjacent to an activating group) is 1. The van der Waals surface area contributed by atoms with Gasteiger partial charge in [-0.1, -0.05) is 26.7 Å². The van der Waals surface area contributed by atoms with Gasteiger partial charge in [-0.3, -0.25) is 0 Å². The molecule has 0 aromatic carbocycles. The Kier molecular flexibility index (Phi) is 5.39. The smallest absolute Gasteiger partial charge is 0.137 e. The monoisotopic (exact) mass is 292 g/mol. The summed E-state index contributed by atoms with van der Waals surface area (Å²) < 4.78 is 0. The minimum absolute atomic E-state index is 0.554. The van der Waals surface area contributed by atoms with Gasteiger partial charge in [-0.25, -0.2) is 9.97 Å². The van der Waals surface area contributed by atoms with Crippen LogP contribution < -0.4 is 10.2 Å². The average Bonchev–Trinajstić information content (AvgIpc) is 2.90. The lowest BCUT2D eigenvalue weighted by Crippen LogP contribution is -2.40. The zero-order valence-electron chi connectivity index (χ0n) is 13.5. The molecule has 0 spiro atoms. The summed E-state index contributed by atoms with van der Waals surface area (Å²) in [5.41, 5.74) is 0.580. The molecule has 1 fully saturated rings. The van der Waals surface area contributed by atoms with Crippen molar-refractivity contribution >= 4 is 11.6 Å². The van der Waals surface area contributed by atoms with Gasteiger partial charge >= 0.3 is 0 Å². The molecular formula is C16H28N4O. The van der Waals surface area contributed by atoms with Crippen molar-refractivity contribution in [3.63, 3.8) is 0 Å². The highest BCUT2D eigenvalue weighted by molar-refractivity contribution is 5.58. The molecule has 2 N–H and O–H groups in total. The van der Waals surface area contributed by atoms with Crippen molar-refractivity contribution in [3.8, 4) is 0 Å². The van der Waals surface area contributed by atoms with E-state index in [-0.39, 0.29) is 0 Å². The van der Waals surface area contributed by atoms with E-state index in [0.29, 0.717) is 6.54 Å². The molecule has 0 bridgehead atoms. The molecule has 1 heterocycles. The Morgan fingerprint density at radius 1 is 1.29 bits per heavy atom. The van der Waals surface area contributed by atoms with Crippen LogP contribution in [0, 0.1) is 0 Å². The van der Waals surface area contributed by atoms with E-state index in [4.69, 9.17) is 0 Å². The zero-order valence-corrected chi connectivity index (χ0v) is 13.5. The van der Waals surface area contributed by atoms with Crippen molar-refractivity contribution in [2.45, 2.75) is 58.0 Å². The third kappa shape index (κ3) is 3.84. The number of rotatable bonds is 7. The highest BCUT2D eigenvalue weighted by Gasteiger charge is 2.33. The van der Waals surface area contributed by atoms with Crippen LogP contribution >= 0.6 is 0 Å². The fraction of sp³-hybridized carbons (Fsp3) is 0.750. The maximum Gasteiger partial charge on any atom is 0.137 e. The Balaban J connectivity index is 2.17. The van der Waals surface area contributed by atoms with Crippen LogP contribution in [-0.4, -0.2) is 40.8 Å². The molecule has 1 aromatic heterocycles. The molecule has 1 saturated carbocycles. The molecule has 1 aromatic rings. The molecule has 2 rings (SSSR count). The molecule has 118 valence electrons. The van der Waals surface area contributed by atoms with Gasteiger partial charge in [0, 0.05) is 25.7 Å². The Morgan fingerprint density at radius 2 is 2.00 bits per heavy atom. The number of anilines is 2. The van der Waals surface area contributed by atoms with E-state index in [1.807, 2.05) is 7.05 Å². The van der Waals surface area contributed by atoms with Crippen LogP contribution in [0.2, 0.25) is 0 Å². The summed E-state index contributed by atoms with van der Waals surface area (Å²) in [6.45, 7) is 5.82. The first-order chi connectivity index (χ1) is 10.1. The first kappa shape index (κ1) is 16.0. The van der Waals surface area contributed by atoms with Gasteiger partial charge in [0.2, 0.25) is 0 Å². The Bertz CT molecular complexity index is 458. The Labute approximate surface area is 127 Å². The lowest BCUT2D eigenvalue weighted by molar-refractivity contribution is 0.0557. The molecule has 0 saturated heterocycles. The number of aromatic nitrogens is 2. The fourth-order valence-electron chi connectivity index (χ4n) is 3.16. The van der Waals surface area contributed by atoms with Crippen molar-refractivity contribution in [3.05, 3.63) is 11.9 Å². The largest absolute Gasteiger partial charge is 0.388 e. The van der Waals surface area contributed by atoms with E-state index in [9.17, 15) is 5.11 Å². The second-order valence-corrected chi connectivity index (χ2v) is 6.09. The second-order valence-electron chi connectivity index (χ2n) is 6.09. The molecule has 0 radical (unpaired) electrons. The number of nitrogens with zero attached hydrogens (tertiary/aromatic N) is 3. The number of hydrogen-bond donors (Lipinski definition) is 2. The zero-order chi connectivity index (χ0) is 15.3. The molecule has 0 unspecified atom stereocenters. The summed E-state index contributed by atoms with van der Waals surface area (Å²) in [6, 6.07) is 0. The van der Waals surface area contributed by atoms with Gasteiger partial charge in [-0.2, -0.15) is 0 Å². The van der Waals surface area contributed by atoms with E-state index in [0.717, 1.165) is 62.3 Å². The van der Waals surface area contributed by atoms with Gasteiger partial charge in [0.15, 0.2) is 0 Å². The molecule has 1 aliphatic carbocycles. The standard InChI is InChI=1S/C16H28N4O/c1-4-10-17-14-13(5-2)15(19-12-18-14)20(3)11-16(21)8-6-7-9-16/h12,21H,4-11H2,1-3H3,(H,17,18,19). The van der Waals surface area contributed by atoms with Crippen LogP contribution in [0.3, 0.4) is 0 Å². The lowest BCUT2D eigenvalue weighted by atomic mass is 10.0. The number of nitrogens with one attached hydrogen (secondary N) is 1. The molecule has 5 heteroatoms. The third-order valence-electron chi connectivity index (χ3n) is 4.25. The van der Waals surface area contributed by atoms with Crippen LogP contribution in [0.25, 0.3) is 0 Å². The maximum absolute atomic E-state index is 10.6. The summed E-state index contributed by atoms with van der Waals surface area (Å²) >= 11 is 0. The van der Waals surface area contributed by atoms with Crippen molar-refractivity contribution < 1.29 is 5.11 Å². The first-order valence-electron chi connectivity index (χ1n) is 8.11. The quantitative estimate of drug-likeness (QED) is 0.809. The van der Waals surface area contributed by atoms with Gasteiger partial charge in [0.25, 0.3) is 0 Å². The SMILES string of the molecule is CCCNc1ncnc(N(C)CC2(O)CCCC2)c1CC. The maximum atomic E-state index is 10.6. The van der Waals surface area contributed by atoms with Crippen LogP contribution in [-0.2, 0) is 6.42 Å². The third-order valence-corrected chi connectivity index (χ3v) is 4.25. The minimum Gasteiger partial charge on any atom is -0.388 e. The van der Waals surface area contributed by atoms with Crippen LogP contribution in [0.1, 0.15) is 51.5 Å². The van der Waals surface area contributed by atoms with E-state index >= 15 is 0 Å². The summed E-state index contributed by atoms with van der Waals surface area (Å²) in [4.78, 5) is 10.9. The van der Waals surface area contributed by atoms with Crippen molar-refractivity contribution in [2.75, 3.05) is 30.4 Å². The van der Waals surface area contributed by atoms with Crippen LogP contribution in [0.5, 0.6) is 0 Å². The van der Waals surface area contributed by atoms with Crippen molar-refractivity contribution in [2.24, 2.45) is 0 Å². The molecule has 21 heavy (non-hydrogen) atoms. The topological polar surface area (TPSA) is 61.3 Å². The first-order valence-corrected chi connectivity index (χ1v) is 8.11. The van der Waals surface area contributed by atoms with Gasteiger partial charge in [0.05, 0.1) is 5.60 Å². The fourth-order valence-corrected chi connectivity index (χ4v) is 3.16. The molecule has 5 nitrogen and oxygen atoms in total. The van der Waals surface area contributed by atoms with E-state index in [1.165, 1.54) is 0 Å². The molecule has 0 amide bonds. The molecular weight excluding hydrogens is 264 g/mol. The molecule has 0 atom stereocenters. The minimum atomic E-state index is -0.554. The van der Waals surface area contributed by atoms with Gasteiger partial charge in [0.1, 0.15) is 18.0 Å². The average molecular weight is 292 g/mol. The predicted octanol–water partition coefficient (Wildman–Crippen LogP) is 2.60. The summed E-state index contributed by atoms with van der Waals surface area (Å²) in [7, 11) is 2.02. The van der Waals surface area contributed by atoms with Gasteiger partial charge in [-0.05, 0) is 25.7 Å². The van der Waals surface area contributed by atoms with E-state index in [1.54, 1.807) is 6.33 Å². The summed E-state index contributed by atoms with van der Waals surface area (Å²) in [6.07, 6.45) is 7.59. The second kappa shape index (κ2) is 7.07. The number of hydrogen-bond acceptors (Lipinski definition) is 5. The highest BCUT2D eigenvalue weighted by atomic mass is 16.3. The van der Waals surface area contributed by atoms with Crippen LogP contribution in [0.4, 0.5) is 11.6 Å². The van der Waals surface area contributed by atoms with E-state index < -0.39 is 5.60 Å². The summed E-state index contributed by atoms with van der Waals surface area (Å²) in [5.74, 6) is 1.86.